The second kappa shape index (κ2) is 5.89. The van der Waals surface area contributed by atoms with Gasteiger partial charge in [-0.05, 0) is 50.8 Å². The van der Waals surface area contributed by atoms with Crippen LogP contribution in [-0.2, 0) is 0 Å². The molecular formula is C16H25N5. The van der Waals surface area contributed by atoms with Gasteiger partial charge in [0.15, 0.2) is 0 Å². The van der Waals surface area contributed by atoms with Gasteiger partial charge in [-0.2, -0.15) is 0 Å². The van der Waals surface area contributed by atoms with E-state index in [1.54, 1.807) is 0 Å². The van der Waals surface area contributed by atoms with Crippen LogP contribution in [0.25, 0.3) is 0 Å². The number of hydrogen-bond acceptors (Lipinski definition) is 5. The fraction of sp³-hybridized carbons (Fsp3) is 0.750. The summed E-state index contributed by atoms with van der Waals surface area (Å²) in [5, 5.41) is 3.95. The SMILES string of the molecule is c1cnc(N2CCC(N[C@H]3CN4CCC3CC4)CC2)nc1. The molecule has 5 nitrogen and oxygen atoms in total. The summed E-state index contributed by atoms with van der Waals surface area (Å²) in [6.45, 7) is 6.07. The highest BCUT2D eigenvalue weighted by Crippen LogP contribution is 2.28. The first-order chi connectivity index (χ1) is 10.4. The van der Waals surface area contributed by atoms with Crippen molar-refractivity contribution in [2.24, 2.45) is 5.92 Å². The minimum atomic E-state index is 0.676. The Labute approximate surface area is 126 Å². The molecule has 2 bridgehead atoms. The molecule has 5 rings (SSSR count). The van der Waals surface area contributed by atoms with Gasteiger partial charge in [-0.15, -0.1) is 0 Å². The topological polar surface area (TPSA) is 44.3 Å². The summed E-state index contributed by atoms with van der Waals surface area (Å²) in [6, 6.07) is 3.29. The molecule has 0 saturated carbocycles. The normalized spacial score (nSPS) is 33.3. The van der Waals surface area contributed by atoms with Gasteiger partial charge in [0.2, 0.25) is 5.95 Å². The average Bonchev–Trinajstić information content (AvgIpc) is 2.57. The maximum atomic E-state index is 4.36. The fourth-order valence-corrected chi connectivity index (χ4v) is 4.16. The number of hydrogen-bond donors (Lipinski definition) is 1. The lowest BCUT2D eigenvalue weighted by Crippen LogP contribution is -2.59. The lowest BCUT2D eigenvalue weighted by Gasteiger charge is -2.47. The van der Waals surface area contributed by atoms with E-state index in [1.165, 1.54) is 45.3 Å². The molecule has 1 atom stereocenters. The van der Waals surface area contributed by atoms with Gasteiger partial charge in [0.1, 0.15) is 0 Å². The van der Waals surface area contributed by atoms with Crippen LogP contribution in [0.1, 0.15) is 25.7 Å². The highest BCUT2D eigenvalue weighted by atomic mass is 15.3. The van der Waals surface area contributed by atoms with E-state index in [4.69, 9.17) is 0 Å². The number of rotatable bonds is 3. The van der Waals surface area contributed by atoms with E-state index in [0.717, 1.165) is 31.0 Å². The van der Waals surface area contributed by atoms with E-state index in [-0.39, 0.29) is 0 Å². The summed E-state index contributed by atoms with van der Waals surface area (Å²) in [6.07, 6.45) is 8.88. The molecule has 0 spiro atoms. The van der Waals surface area contributed by atoms with Crippen LogP contribution in [0.5, 0.6) is 0 Å². The molecule has 114 valence electrons. The molecule has 5 heterocycles. The molecule has 5 heteroatoms. The highest BCUT2D eigenvalue weighted by Gasteiger charge is 2.35. The first-order valence-electron chi connectivity index (χ1n) is 8.39. The zero-order chi connectivity index (χ0) is 14.1. The third-order valence-electron chi connectivity index (χ3n) is 5.44. The summed E-state index contributed by atoms with van der Waals surface area (Å²) in [5.74, 6) is 1.81. The van der Waals surface area contributed by atoms with Crippen LogP contribution in [0.4, 0.5) is 5.95 Å². The van der Waals surface area contributed by atoms with Gasteiger partial charge < -0.3 is 15.1 Å². The number of piperidine rings is 4. The molecule has 4 aliphatic rings. The number of anilines is 1. The molecule has 0 aliphatic carbocycles. The molecule has 1 aromatic rings. The monoisotopic (exact) mass is 287 g/mol. The predicted octanol–water partition coefficient (Wildman–Crippen LogP) is 1.13. The number of nitrogens with zero attached hydrogens (tertiary/aromatic N) is 4. The van der Waals surface area contributed by atoms with Gasteiger partial charge in [0.25, 0.3) is 0 Å². The van der Waals surface area contributed by atoms with Gasteiger partial charge in [-0.25, -0.2) is 9.97 Å². The first kappa shape index (κ1) is 13.5. The minimum Gasteiger partial charge on any atom is -0.341 e. The number of nitrogens with one attached hydrogen (secondary N) is 1. The molecule has 0 radical (unpaired) electrons. The fourth-order valence-electron chi connectivity index (χ4n) is 4.16. The smallest absolute Gasteiger partial charge is 0.225 e. The van der Waals surface area contributed by atoms with Crippen molar-refractivity contribution in [2.75, 3.05) is 37.6 Å². The van der Waals surface area contributed by atoms with Crippen molar-refractivity contribution in [3.63, 3.8) is 0 Å². The maximum absolute atomic E-state index is 4.36. The van der Waals surface area contributed by atoms with E-state index in [2.05, 4.69) is 25.1 Å². The Morgan fingerprint density at radius 3 is 2.29 bits per heavy atom. The molecule has 4 saturated heterocycles. The van der Waals surface area contributed by atoms with E-state index in [1.807, 2.05) is 18.5 Å². The summed E-state index contributed by atoms with van der Waals surface area (Å²) in [7, 11) is 0. The molecule has 1 N–H and O–H groups in total. The van der Waals surface area contributed by atoms with Crippen LogP contribution in [0.2, 0.25) is 0 Å². The van der Waals surface area contributed by atoms with Gasteiger partial charge in [-0.1, -0.05) is 0 Å². The molecule has 21 heavy (non-hydrogen) atoms. The molecular weight excluding hydrogens is 262 g/mol. The quantitative estimate of drug-likeness (QED) is 0.903. The second-order valence-corrected chi connectivity index (χ2v) is 6.72. The highest BCUT2D eigenvalue weighted by molar-refractivity contribution is 5.29. The van der Waals surface area contributed by atoms with Crippen molar-refractivity contribution in [2.45, 2.75) is 37.8 Å². The van der Waals surface area contributed by atoms with Crippen LogP contribution in [-0.4, -0.2) is 59.7 Å². The Morgan fingerprint density at radius 1 is 0.952 bits per heavy atom. The Balaban J connectivity index is 1.30. The number of fused-ring (bicyclic) bond motifs is 3. The van der Waals surface area contributed by atoms with Crippen molar-refractivity contribution >= 4 is 5.95 Å². The van der Waals surface area contributed by atoms with Gasteiger partial charge in [0.05, 0.1) is 0 Å². The summed E-state index contributed by atoms with van der Waals surface area (Å²) >= 11 is 0. The summed E-state index contributed by atoms with van der Waals surface area (Å²) < 4.78 is 0. The molecule has 4 aliphatic heterocycles. The lowest BCUT2D eigenvalue weighted by atomic mass is 9.83. The standard InChI is InChI=1S/C16H25N5/c1-6-17-16(18-7-1)21-10-4-14(5-11-21)19-15-12-20-8-2-13(15)3-9-20/h1,6-7,13-15,19H,2-5,8-12H2/t15-/m0/s1. The molecule has 0 aromatic carbocycles. The summed E-state index contributed by atoms with van der Waals surface area (Å²) in [4.78, 5) is 13.7. The summed E-state index contributed by atoms with van der Waals surface area (Å²) in [5.41, 5.74) is 0. The van der Waals surface area contributed by atoms with Crippen LogP contribution >= 0.6 is 0 Å². The Kier molecular flexibility index (Phi) is 3.78. The van der Waals surface area contributed by atoms with E-state index in [9.17, 15) is 0 Å². The molecule has 0 unspecified atom stereocenters. The van der Waals surface area contributed by atoms with E-state index >= 15 is 0 Å². The van der Waals surface area contributed by atoms with Crippen molar-refractivity contribution in [1.29, 1.82) is 0 Å². The third kappa shape index (κ3) is 2.90. The maximum Gasteiger partial charge on any atom is 0.225 e. The Hall–Kier alpha value is -1.20. The minimum absolute atomic E-state index is 0.676. The van der Waals surface area contributed by atoms with Crippen molar-refractivity contribution in [3.05, 3.63) is 18.5 Å². The van der Waals surface area contributed by atoms with Crippen LogP contribution in [0, 0.1) is 5.92 Å². The Bertz CT molecular complexity index is 449. The molecule has 1 aromatic heterocycles. The first-order valence-corrected chi connectivity index (χ1v) is 8.39. The van der Waals surface area contributed by atoms with Crippen LogP contribution in [0.15, 0.2) is 18.5 Å². The third-order valence-corrected chi connectivity index (χ3v) is 5.44. The van der Waals surface area contributed by atoms with Gasteiger partial charge in [0, 0.05) is 44.1 Å². The predicted molar refractivity (Wildman–Crippen MR) is 83.4 cm³/mol. The van der Waals surface area contributed by atoms with Crippen LogP contribution in [0.3, 0.4) is 0 Å². The van der Waals surface area contributed by atoms with E-state index in [0.29, 0.717) is 6.04 Å². The van der Waals surface area contributed by atoms with Crippen molar-refractivity contribution in [1.82, 2.24) is 20.2 Å². The van der Waals surface area contributed by atoms with E-state index < -0.39 is 0 Å². The largest absolute Gasteiger partial charge is 0.341 e. The Morgan fingerprint density at radius 2 is 1.67 bits per heavy atom. The molecule has 4 fully saturated rings. The lowest BCUT2D eigenvalue weighted by molar-refractivity contribution is 0.0652. The number of aromatic nitrogens is 2. The average molecular weight is 287 g/mol. The van der Waals surface area contributed by atoms with Crippen LogP contribution < -0.4 is 10.2 Å². The van der Waals surface area contributed by atoms with Crippen molar-refractivity contribution < 1.29 is 0 Å². The van der Waals surface area contributed by atoms with Crippen molar-refractivity contribution in [3.8, 4) is 0 Å². The zero-order valence-electron chi connectivity index (χ0n) is 12.6. The van der Waals surface area contributed by atoms with Gasteiger partial charge >= 0.3 is 0 Å². The van der Waals surface area contributed by atoms with Gasteiger partial charge in [-0.3, -0.25) is 0 Å². The molecule has 0 amide bonds. The zero-order valence-corrected chi connectivity index (χ0v) is 12.6. The second-order valence-electron chi connectivity index (χ2n) is 6.72.